The van der Waals surface area contributed by atoms with Crippen molar-refractivity contribution in [2.45, 2.75) is 188 Å². The maximum Gasteiger partial charge on any atom is 0.0783 e. The molecular formula is C32H67NO. The molecule has 0 bridgehead atoms. The molecule has 0 spiro atoms. The number of hydrogen-bond acceptors (Lipinski definition) is 1. The highest BCUT2D eigenvalue weighted by Crippen LogP contribution is 2.18. The van der Waals surface area contributed by atoms with Crippen LogP contribution in [0.1, 0.15) is 188 Å². The molecule has 0 rings (SSSR count). The summed E-state index contributed by atoms with van der Waals surface area (Å²) in [5.74, 6) is 0. The predicted octanol–water partition coefficient (Wildman–Crippen LogP) is 11.5. The van der Waals surface area contributed by atoms with Crippen LogP contribution in [0.15, 0.2) is 0 Å². The monoisotopic (exact) mass is 482 g/mol. The third kappa shape index (κ3) is 25.0. The van der Waals surface area contributed by atoms with Crippen LogP contribution < -0.4 is 0 Å². The zero-order valence-corrected chi connectivity index (χ0v) is 24.4. The lowest BCUT2D eigenvalue weighted by molar-refractivity contribution is -0.881. The summed E-state index contributed by atoms with van der Waals surface area (Å²) in [5, 5.41) is 13.6. The van der Waals surface area contributed by atoms with E-state index in [9.17, 15) is 5.21 Å². The first-order valence-corrected chi connectivity index (χ1v) is 16.3. The molecule has 0 N–H and O–H groups in total. The lowest BCUT2D eigenvalue weighted by Crippen LogP contribution is -2.44. The van der Waals surface area contributed by atoms with Crippen molar-refractivity contribution < 1.29 is 4.65 Å². The van der Waals surface area contributed by atoms with Crippen LogP contribution in [-0.4, -0.2) is 24.3 Å². The summed E-state index contributed by atoms with van der Waals surface area (Å²) < 4.78 is 0.114. The second kappa shape index (κ2) is 27.5. The van der Waals surface area contributed by atoms with E-state index in [1.807, 2.05) is 0 Å². The highest BCUT2D eigenvalue weighted by atomic mass is 16.5. The molecule has 0 fully saturated rings. The topological polar surface area (TPSA) is 23.1 Å². The van der Waals surface area contributed by atoms with Crippen molar-refractivity contribution in [3.63, 3.8) is 0 Å². The minimum absolute atomic E-state index is 0.114. The Morgan fingerprint density at radius 3 is 0.676 bits per heavy atom. The molecule has 0 aromatic rings. The smallest absolute Gasteiger partial charge is 0.0783 e. The van der Waals surface area contributed by atoms with E-state index in [1.165, 1.54) is 148 Å². The van der Waals surface area contributed by atoms with Gasteiger partial charge in [0.15, 0.2) is 0 Å². The number of rotatable bonds is 29. The molecule has 34 heavy (non-hydrogen) atoms. The number of unbranched alkanes of at least 4 members (excludes halogenated alkanes) is 23. The summed E-state index contributed by atoms with van der Waals surface area (Å²) in [5.41, 5.74) is 0. The molecule has 0 radical (unpaired) electrons. The maximum absolute atomic E-state index is 13.6. The zero-order chi connectivity index (χ0) is 25.0. The van der Waals surface area contributed by atoms with Gasteiger partial charge in [-0.2, -0.15) is 0 Å². The molecule has 0 aromatic heterocycles. The first-order valence-electron chi connectivity index (χ1n) is 16.3. The third-order valence-electron chi connectivity index (χ3n) is 7.76. The van der Waals surface area contributed by atoms with Crippen LogP contribution in [0, 0.1) is 5.21 Å². The van der Waals surface area contributed by atoms with Gasteiger partial charge < -0.3 is 9.85 Å². The summed E-state index contributed by atoms with van der Waals surface area (Å²) in [6.45, 7) is 9.49. The van der Waals surface area contributed by atoms with Crippen molar-refractivity contribution in [3.05, 3.63) is 5.21 Å². The molecule has 206 valence electrons. The normalized spacial score (nSPS) is 12.0. The Bertz CT molecular complexity index is 350. The largest absolute Gasteiger partial charge is 0.633 e. The molecule has 2 heteroatoms. The average Bonchev–Trinajstić information content (AvgIpc) is 2.84. The molecule has 2 nitrogen and oxygen atoms in total. The van der Waals surface area contributed by atoms with E-state index in [1.54, 1.807) is 0 Å². The third-order valence-corrected chi connectivity index (χ3v) is 7.76. The van der Waals surface area contributed by atoms with Crippen molar-refractivity contribution in [1.82, 2.24) is 0 Å². The molecule has 0 amide bonds. The Labute approximate surface area is 217 Å². The second-order valence-electron chi connectivity index (χ2n) is 11.4. The van der Waals surface area contributed by atoms with Crippen molar-refractivity contribution in [2.24, 2.45) is 0 Å². The van der Waals surface area contributed by atoms with Crippen LogP contribution in [0.3, 0.4) is 0 Å². The molecule has 0 saturated carbocycles. The Morgan fingerprint density at radius 2 is 0.471 bits per heavy atom. The number of quaternary nitrogens is 1. The van der Waals surface area contributed by atoms with Gasteiger partial charge in [-0.1, -0.05) is 149 Å². The van der Waals surface area contributed by atoms with Gasteiger partial charge in [0.2, 0.25) is 0 Å². The number of hydrogen-bond donors (Lipinski definition) is 0. The van der Waals surface area contributed by atoms with Crippen molar-refractivity contribution in [2.75, 3.05) is 19.6 Å². The van der Waals surface area contributed by atoms with Gasteiger partial charge in [-0.05, 0) is 38.5 Å². The van der Waals surface area contributed by atoms with Crippen LogP contribution >= 0.6 is 0 Å². The predicted molar refractivity (Wildman–Crippen MR) is 155 cm³/mol. The number of hydroxylamine groups is 3. The minimum atomic E-state index is 0.114. The van der Waals surface area contributed by atoms with E-state index in [2.05, 4.69) is 20.8 Å². The molecule has 0 aromatic carbocycles. The van der Waals surface area contributed by atoms with Gasteiger partial charge in [0.1, 0.15) is 0 Å². The van der Waals surface area contributed by atoms with Crippen LogP contribution in [0.5, 0.6) is 0 Å². The summed E-state index contributed by atoms with van der Waals surface area (Å²) >= 11 is 0. The Hall–Kier alpha value is -0.0800. The molecule has 0 aliphatic heterocycles. The average molecular weight is 482 g/mol. The van der Waals surface area contributed by atoms with Gasteiger partial charge >= 0.3 is 0 Å². The molecule has 0 heterocycles. The minimum Gasteiger partial charge on any atom is -0.633 e. The molecule has 0 aliphatic rings. The zero-order valence-electron chi connectivity index (χ0n) is 24.4. The van der Waals surface area contributed by atoms with Gasteiger partial charge in [-0.3, -0.25) is 0 Å². The molecule has 0 saturated heterocycles. The van der Waals surface area contributed by atoms with Crippen LogP contribution in [-0.2, 0) is 0 Å². The van der Waals surface area contributed by atoms with Crippen molar-refractivity contribution in [1.29, 1.82) is 0 Å². The summed E-state index contributed by atoms with van der Waals surface area (Å²) in [6, 6.07) is 0. The molecular weight excluding hydrogens is 414 g/mol. The molecule has 0 atom stereocenters. The van der Waals surface area contributed by atoms with Crippen LogP contribution in [0.4, 0.5) is 0 Å². The lowest BCUT2D eigenvalue weighted by atomic mass is 10.1. The second-order valence-corrected chi connectivity index (χ2v) is 11.4. The van der Waals surface area contributed by atoms with Crippen molar-refractivity contribution >= 4 is 0 Å². The number of nitrogens with zero attached hydrogens (tertiary/aromatic N) is 1. The first-order chi connectivity index (χ1) is 16.7. The fourth-order valence-electron chi connectivity index (χ4n) is 5.29. The van der Waals surface area contributed by atoms with Crippen LogP contribution in [0.25, 0.3) is 0 Å². The van der Waals surface area contributed by atoms with Gasteiger partial charge in [-0.25, -0.2) is 0 Å². The fourth-order valence-corrected chi connectivity index (χ4v) is 5.29. The quantitative estimate of drug-likeness (QED) is 0.0591. The molecule has 0 unspecified atom stereocenters. The van der Waals surface area contributed by atoms with Gasteiger partial charge in [0.05, 0.1) is 19.6 Å². The van der Waals surface area contributed by atoms with Crippen molar-refractivity contribution in [3.8, 4) is 0 Å². The van der Waals surface area contributed by atoms with Gasteiger partial charge in [-0.15, -0.1) is 0 Å². The van der Waals surface area contributed by atoms with E-state index in [0.717, 1.165) is 38.9 Å². The summed E-state index contributed by atoms with van der Waals surface area (Å²) in [6.07, 6.45) is 34.8. The highest BCUT2D eigenvalue weighted by molar-refractivity contribution is 4.54. The van der Waals surface area contributed by atoms with E-state index in [-0.39, 0.29) is 4.65 Å². The first kappa shape index (κ1) is 33.9. The van der Waals surface area contributed by atoms with Gasteiger partial charge in [0.25, 0.3) is 0 Å². The standard InChI is InChI=1S/C32H67NO/c1-4-7-10-13-16-19-20-23-26-29-32-33(34,30-27-24-21-17-14-11-8-5-2)31-28-25-22-18-15-12-9-6-3/h4-32H2,1-3H3. The Morgan fingerprint density at radius 1 is 0.294 bits per heavy atom. The lowest BCUT2D eigenvalue weighted by Gasteiger charge is -2.43. The van der Waals surface area contributed by atoms with Gasteiger partial charge in [0, 0.05) is 0 Å². The SMILES string of the molecule is CCCCCCCCCCCC[N+]([O-])(CCCCCCCCCC)CCCCCCCCCC. The van der Waals surface area contributed by atoms with E-state index >= 15 is 0 Å². The van der Waals surface area contributed by atoms with Crippen LogP contribution in [0.2, 0.25) is 0 Å². The van der Waals surface area contributed by atoms with E-state index < -0.39 is 0 Å². The highest BCUT2D eigenvalue weighted by Gasteiger charge is 2.16. The van der Waals surface area contributed by atoms with E-state index in [0.29, 0.717) is 0 Å². The Kier molecular flexibility index (Phi) is 27.4. The summed E-state index contributed by atoms with van der Waals surface area (Å²) in [4.78, 5) is 0. The molecule has 0 aliphatic carbocycles. The fraction of sp³-hybridized carbons (Fsp3) is 1.00. The maximum atomic E-state index is 13.6. The van der Waals surface area contributed by atoms with E-state index in [4.69, 9.17) is 0 Å². The summed E-state index contributed by atoms with van der Waals surface area (Å²) in [7, 11) is 0. The Balaban J connectivity index is 4.03.